The van der Waals surface area contributed by atoms with Crippen LogP contribution in [-0.4, -0.2) is 64.7 Å². The van der Waals surface area contributed by atoms with Crippen molar-refractivity contribution in [2.75, 3.05) is 13.2 Å². The summed E-state index contributed by atoms with van der Waals surface area (Å²) in [6.45, 7) is 9.75. The highest BCUT2D eigenvalue weighted by Gasteiger charge is 2.43. The van der Waals surface area contributed by atoms with Gasteiger partial charge < -0.3 is 14.8 Å². The van der Waals surface area contributed by atoms with Gasteiger partial charge in [-0.25, -0.2) is 14.8 Å². The van der Waals surface area contributed by atoms with Crippen molar-refractivity contribution in [2.24, 2.45) is 5.92 Å². The second kappa shape index (κ2) is 9.44. The number of terminal acetylenes is 1. The minimum Gasteiger partial charge on any atom is -0.465 e. The fourth-order valence-electron chi connectivity index (χ4n) is 2.83. The van der Waals surface area contributed by atoms with E-state index in [9.17, 15) is 19.2 Å². The van der Waals surface area contributed by atoms with Crippen LogP contribution in [-0.2, 0) is 23.9 Å². The van der Waals surface area contributed by atoms with Crippen LogP contribution in [0.3, 0.4) is 0 Å². The molecule has 0 aromatic rings. The van der Waals surface area contributed by atoms with E-state index >= 15 is 0 Å². The van der Waals surface area contributed by atoms with Gasteiger partial charge in [0, 0.05) is 6.92 Å². The summed E-state index contributed by atoms with van der Waals surface area (Å²) in [5.74, 6) is -0.288. The molecule has 9 heteroatoms. The van der Waals surface area contributed by atoms with Crippen LogP contribution in [0, 0.1) is 18.3 Å². The molecule has 1 saturated heterocycles. The first-order valence-electron chi connectivity index (χ1n) is 9.14. The molecule has 28 heavy (non-hydrogen) atoms. The Bertz CT molecular complexity index is 664. The van der Waals surface area contributed by atoms with E-state index in [1.165, 1.54) is 11.9 Å². The molecule has 156 valence electrons. The van der Waals surface area contributed by atoms with Crippen LogP contribution in [0.5, 0.6) is 0 Å². The van der Waals surface area contributed by atoms with Crippen LogP contribution in [0.1, 0.15) is 48.0 Å². The Balaban J connectivity index is 2.94. The fraction of sp³-hybridized carbons (Fsp3) is 0.684. The van der Waals surface area contributed by atoms with E-state index in [4.69, 9.17) is 15.9 Å². The maximum absolute atomic E-state index is 12.8. The van der Waals surface area contributed by atoms with Crippen molar-refractivity contribution in [2.45, 2.75) is 65.6 Å². The van der Waals surface area contributed by atoms with Gasteiger partial charge in [0.25, 0.3) is 5.91 Å². The molecule has 3 amide bonds. The highest BCUT2D eigenvalue weighted by molar-refractivity contribution is 5.90. The third-order valence-corrected chi connectivity index (χ3v) is 3.96. The molecule has 1 N–H and O–H groups in total. The van der Waals surface area contributed by atoms with Crippen molar-refractivity contribution < 1.29 is 28.7 Å². The van der Waals surface area contributed by atoms with Gasteiger partial charge in [0.05, 0.1) is 19.2 Å². The second-order valence-corrected chi connectivity index (χ2v) is 7.54. The molecular weight excluding hydrogens is 366 g/mol. The van der Waals surface area contributed by atoms with Gasteiger partial charge in [0.15, 0.2) is 0 Å². The molecule has 0 bridgehead atoms. The Kier molecular flexibility index (Phi) is 7.85. The van der Waals surface area contributed by atoms with Crippen LogP contribution < -0.4 is 5.32 Å². The molecular formula is C19H29N3O6. The van der Waals surface area contributed by atoms with Gasteiger partial charge in [-0.2, -0.15) is 0 Å². The predicted molar refractivity (Wildman–Crippen MR) is 100 cm³/mol. The highest BCUT2D eigenvalue weighted by atomic mass is 16.6. The lowest BCUT2D eigenvalue weighted by Gasteiger charge is -2.35. The number of rotatable bonds is 6. The Hall–Kier alpha value is -2.76. The first-order chi connectivity index (χ1) is 12.9. The minimum absolute atomic E-state index is 0.151. The molecule has 0 aromatic heterocycles. The molecule has 0 aliphatic carbocycles. The van der Waals surface area contributed by atoms with Crippen molar-refractivity contribution in [3.8, 4) is 12.3 Å². The standard InChI is InChI=1S/C19H29N3O6/c1-8-14(17(25)27-9-2)11-21(13(4)23)22-12(3)10-15(16(22)24)20-18(26)28-19(5,6)7/h1,12,14-15H,9-11H2,2-7H3,(H,20,26)/t12-,14+,15+/m1/s1. The number of carbonyl (C=O) groups excluding carboxylic acids is 4. The van der Waals surface area contributed by atoms with E-state index in [0.717, 1.165) is 5.01 Å². The lowest BCUT2D eigenvalue weighted by molar-refractivity contribution is -0.166. The summed E-state index contributed by atoms with van der Waals surface area (Å²) in [7, 11) is 0. The number of alkyl carbamates (subject to hydrolysis) is 1. The molecule has 1 rings (SSSR count). The van der Waals surface area contributed by atoms with E-state index in [-0.39, 0.29) is 19.6 Å². The first-order valence-corrected chi connectivity index (χ1v) is 9.14. The normalized spacial score (nSPS) is 20.2. The Labute approximate surface area is 165 Å². The number of nitrogens with one attached hydrogen (secondary N) is 1. The van der Waals surface area contributed by atoms with Crippen molar-refractivity contribution in [3.63, 3.8) is 0 Å². The Morgan fingerprint density at radius 2 is 2.00 bits per heavy atom. The summed E-state index contributed by atoms with van der Waals surface area (Å²) in [4.78, 5) is 49.0. The quantitative estimate of drug-likeness (QED) is 0.533. The molecule has 1 aliphatic rings. The average Bonchev–Trinajstić information content (AvgIpc) is 2.81. The molecule has 1 heterocycles. The van der Waals surface area contributed by atoms with Crippen LogP contribution >= 0.6 is 0 Å². The molecule has 0 aromatic carbocycles. The summed E-state index contributed by atoms with van der Waals surface area (Å²) in [5, 5.41) is 4.89. The number of hydrazine groups is 1. The summed E-state index contributed by atoms with van der Waals surface area (Å²) in [5.41, 5.74) is -0.706. The molecule has 0 radical (unpaired) electrons. The number of carbonyl (C=O) groups is 4. The summed E-state index contributed by atoms with van der Waals surface area (Å²) in [6, 6.07) is -1.24. The van der Waals surface area contributed by atoms with Crippen LogP contribution in [0.15, 0.2) is 0 Å². The largest absolute Gasteiger partial charge is 0.465 e. The van der Waals surface area contributed by atoms with E-state index in [0.29, 0.717) is 0 Å². The van der Waals surface area contributed by atoms with Crippen LogP contribution in [0.25, 0.3) is 0 Å². The molecule has 1 fully saturated rings. The summed E-state index contributed by atoms with van der Waals surface area (Å²) < 4.78 is 10.1. The second-order valence-electron chi connectivity index (χ2n) is 7.54. The number of hydrogen-bond acceptors (Lipinski definition) is 6. The number of ether oxygens (including phenoxy) is 2. The summed E-state index contributed by atoms with van der Waals surface area (Å²) >= 11 is 0. The van der Waals surface area contributed by atoms with E-state index in [1.807, 2.05) is 0 Å². The molecule has 3 atom stereocenters. The van der Waals surface area contributed by atoms with Crippen LogP contribution in [0.4, 0.5) is 4.79 Å². The van der Waals surface area contributed by atoms with Gasteiger partial charge >= 0.3 is 12.1 Å². The number of esters is 1. The van der Waals surface area contributed by atoms with Gasteiger partial charge in [-0.3, -0.25) is 14.4 Å². The van der Waals surface area contributed by atoms with Gasteiger partial charge in [0.1, 0.15) is 17.6 Å². The van der Waals surface area contributed by atoms with E-state index in [1.54, 1.807) is 34.6 Å². The average molecular weight is 395 g/mol. The van der Waals surface area contributed by atoms with E-state index in [2.05, 4.69) is 11.2 Å². The number of nitrogens with zero attached hydrogens (tertiary/aromatic N) is 2. The lowest BCUT2D eigenvalue weighted by atomic mass is 10.1. The smallest absolute Gasteiger partial charge is 0.408 e. The molecule has 1 aliphatic heterocycles. The minimum atomic E-state index is -1.01. The maximum Gasteiger partial charge on any atom is 0.408 e. The van der Waals surface area contributed by atoms with Gasteiger partial charge in [-0.05, 0) is 41.0 Å². The highest BCUT2D eigenvalue weighted by Crippen LogP contribution is 2.23. The van der Waals surface area contributed by atoms with Crippen molar-refractivity contribution in [1.82, 2.24) is 15.3 Å². The van der Waals surface area contributed by atoms with Gasteiger partial charge in [-0.1, -0.05) is 5.92 Å². The molecule has 0 unspecified atom stereocenters. The SMILES string of the molecule is C#C[C@@H](CN(C(C)=O)N1C(=O)[C@@H](NC(=O)OC(C)(C)C)C[C@H]1C)C(=O)OCC. The summed E-state index contributed by atoms with van der Waals surface area (Å²) in [6.07, 6.45) is 4.97. The van der Waals surface area contributed by atoms with Gasteiger partial charge in [-0.15, -0.1) is 6.42 Å². The Morgan fingerprint density at radius 3 is 2.46 bits per heavy atom. The topological polar surface area (TPSA) is 105 Å². The number of hydrogen-bond donors (Lipinski definition) is 1. The third kappa shape index (κ3) is 6.15. The monoisotopic (exact) mass is 395 g/mol. The van der Waals surface area contributed by atoms with Gasteiger partial charge in [0.2, 0.25) is 5.91 Å². The Morgan fingerprint density at radius 1 is 1.39 bits per heavy atom. The van der Waals surface area contributed by atoms with Crippen molar-refractivity contribution in [3.05, 3.63) is 0 Å². The molecule has 0 saturated carbocycles. The van der Waals surface area contributed by atoms with E-state index < -0.39 is 47.5 Å². The third-order valence-electron chi connectivity index (χ3n) is 3.96. The number of amides is 3. The first kappa shape index (κ1) is 23.3. The lowest BCUT2D eigenvalue weighted by Crippen LogP contribution is -2.54. The zero-order valence-corrected chi connectivity index (χ0v) is 17.3. The fourth-order valence-corrected chi connectivity index (χ4v) is 2.83. The molecule has 0 spiro atoms. The molecule has 9 nitrogen and oxygen atoms in total. The predicted octanol–water partition coefficient (Wildman–Crippen LogP) is 1.08. The zero-order valence-electron chi connectivity index (χ0n) is 17.3. The van der Waals surface area contributed by atoms with Crippen molar-refractivity contribution in [1.29, 1.82) is 0 Å². The zero-order chi connectivity index (χ0) is 21.6. The maximum atomic E-state index is 12.8. The van der Waals surface area contributed by atoms with Crippen LogP contribution in [0.2, 0.25) is 0 Å². The van der Waals surface area contributed by atoms with Crippen molar-refractivity contribution >= 4 is 23.9 Å².